The van der Waals surface area contributed by atoms with Crippen molar-refractivity contribution >= 4 is 22.4 Å². The molecule has 0 spiro atoms. The molecule has 0 amide bonds. The van der Waals surface area contributed by atoms with Crippen LogP contribution in [0.3, 0.4) is 0 Å². The van der Waals surface area contributed by atoms with Crippen molar-refractivity contribution in [1.29, 1.82) is 0 Å². The minimum absolute atomic E-state index is 0.225. The van der Waals surface area contributed by atoms with Crippen LogP contribution in [0.2, 0.25) is 5.02 Å². The van der Waals surface area contributed by atoms with E-state index in [0.29, 0.717) is 9.92 Å². The zero-order valence-electron chi connectivity index (χ0n) is 12.0. The molecule has 2 aromatic carbocycles. The molecule has 0 bridgehead atoms. The van der Waals surface area contributed by atoms with Crippen LogP contribution in [-0.4, -0.2) is 16.6 Å². The zero-order chi connectivity index (χ0) is 15.4. The molecule has 3 atom stereocenters. The molecule has 3 nitrogen and oxygen atoms in total. The van der Waals surface area contributed by atoms with E-state index in [9.17, 15) is 4.21 Å². The third kappa shape index (κ3) is 3.84. The molecule has 0 aliphatic carbocycles. The maximum Gasteiger partial charge on any atom is 0.118 e. The lowest BCUT2D eigenvalue weighted by atomic mass is 10.1. The first-order valence-corrected chi connectivity index (χ1v) is 8.17. The maximum absolute atomic E-state index is 12.6. The molecule has 2 N–H and O–H groups in total. The van der Waals surface area contributed by atoms with Crippen molar-refractivity contribution < 1.29 is 8.95 Å². The summed E-state index contributed by atoms with van der Waals surface area (Å²) in [6, 6.07) is 14.3. The number of methoxy groups -OCH3 is 1. The fraction of sp³-hybridized carbons (Fsp3) is 0.250. The molecule has 0 aliphatic rings. The summed E-state index contributed by atoms with van der Waals surface area (Å²) in [6.45, 7) is 1.88. The predicted octanol–water partition coefficient (Wildman–Crippen LogP) is 3.54. The molecule has 0 aliphatic heterocycles. The van der Waals surface area contributed by atoms with Crippen molar-refractivity contribution in [3.05, 3.63) is 59.1 Å². The molecule has 0 saturated heterocycles. The second-order valence-corrected chi connectivity index (χ2v) is 7.01. The summed E-state index contributed by atoms with van der Waals surface area (Å²) in [6.07, 6.45) is 0. The first kappa shape index (κ1) is 16.0. The van der Waals surface area contributed by atoms with Crippen LogP contribution in [0.25, 0.3) is 0 Å². The van der Waals surface area contributed by atoms with Gasteiger partial charge < -0.3 is 10.5 Å². The van der Waals surface area contributed by atoms with Crippen LogP contribution in [0.5, 0.6) is 5.75 Å². The van der Waals surface area contributed by atoms with Crippen molar-refractivity contribution in [2.45, 2.75) is 23.1 Å². The molecule has 2 rings (SSSR count). The van der Waals surface area contributed by atoms with E-state index in [-0.39, 0.29) is 11.3 Å². The second kappa shape index (κ2) is 7.07. The zero-order valence-corrected chi connectivity index (χ0v) is 13.5. The molecule has 3 unspecified atom stereocenters. The Morgan fingerprint density at radius 2 is 1.86 bits per heavy atom. The van der Waals surface area contributed by atoms with Gasteiger partial charge in [0.2, 0.25) is 0 Å². The molecule has 21 heavy (non-hydrogen) atoms. The largest absolute Gasteiger partial charge is 0.497 e. The van der Waals surface area contributed by atoms with Gasteiger partial charge in [-0.2, -0.15) is 0 Å². The van der Waals surface area contributed by atoms with Gasteiger partial charge in [-0.25, -0.2) is 0 Å². The molecular weight excluding hydrogens is 306 g/mol. The Kier molecular flexibility index (Phi) is 5.39. The van der Waals surface area contributed by atoms with Gasteiger partial charge in [0, 0.05) is 16.0 Å². The maximum atomic E-state index is 12.6. The van der Waals surface area contributed by atoms with Crippen LogP contribution in [0.1, 0.15) is 18.5 Å². The van der Waals surface area contributed by atoms with Gasteiger partial charge >= 0.3 is 0 Å². The summed E-state index contributed by atoms with van der Waals surface area (Å²) in [4.78, 5) is 0.693. The monoisotopic (exact) mass is 323 g/mol. The van der Waals surface area contributed by atoms with E-state index < -0.39 is 10.8 Å². The van der Waals surface area contributed by atoms with Gasteiger partial charge in [-0.1, -0.05) is 29.8 Å². The van der Waals surface area contributed by atoms with E-state index in [0.717, 1.165) is 11.3 Å². The summed E-state index contributed by atoms with van der Waals surface area (Å²) in [5.74, 6) is 0.773. The van der Waals surface area contributed by atoms with Crippen molar-refractivity contribution in [3.63, 3.8) is 0 Å². The highest BCUT2D eigenvalue weighted by Crippen LogP contribution is 2.25. The lowest BCUT2D eigenvalue weighted by Crippen LogP contribution is -2.27. The number of hydrogen-bond donors (Lipinski definition) is 1. The van der Waals surface area contributed by atoms with Crippen LogP contribution in [0.15, 0.2) is 53.4 Å². The Labute approximate surface area is 132 Å². The highest BCUT2D eigenvalue weighted by atomic mass is 35.5. The molecule has 112 valence electrons. The fourth-order valence-electron chi connectivity index (χ4n) is 2.04. The summed E-state index contributed by atoms with van der Waals surface area (Å²) >= 11 is 5.94. The van der Waals surface area contributed by atoms with Gasteiger partial charge in [-0.3, -0.25) is 4.21 Å². The van der Waals surface area contributed by atoms with Gasteiger partial charge in [0.1, 0.15) is 5.75 Å². The summed E-state index contributed by atoms with van der Waals surface area (Å²) in [7, 11) is 0.400. The molecule has 0 saturated carbocycles. The van der Waals surface area contributed by atoms with E-state index in [1.807, 2.05) is 31.2 Å². The van der Waals surface area contributed by atoms with E-state index >= 15 is 0 Å². The third-order valence-corrected chi connectivity index (χ3v) is 5.29. The number of hydrogen-bond acceptors (Lipinski definition) is 3. The summed E-state index contributed by atoms with van der Waals surface area (Å²) in [5, 5.41) is 0.350. The van der Waals surface area contributed by atoms with Crippen LogP contribution in [0.4, 0.5) is 0 Å². The first-order valence-electron chi connectivity index (χ1n) is 6.58. The molecule has 2 aromatic rings. The van der Waals surface area contributed by atoms with Gasteiger partial charge in [0.15, 0.2) is 0 Å². The molecular formula is C16H18ClNO2S. The van der Waals surface area contributed by atoms with Crippen molar-refractivity contribution in [1.82, 2.24) is 0 Å². The molecule has 0 fully saturated rings. The Hall–Kier alpha value is -1.36. The molecule has 5 heteroatoms. The SMILES string of the molecule is COc1ccc(C(N)C(C)S(=O)c2cccc(Cl)c2)cc1. The van der Waals surface area contributed by atoms with Gasteiger partial charge in [-0.05, 0) is 42.8 Å². The molecule has 0 heterocycles. The Morgan fingerprint density at radius 3 is 2.43 bits per heavy atom. The van der Waals surface area contributed by atoms with Crippen LogP contribution in [-0.2, 0) is 10.8 Å². The number of nitrogens with two attached hydrogens (primary N) is 1. The summed E-state index contributed by atoms with van der Waals surface area (Å²) in [5.41, 5.74) is 7.17. The Balaban J connectivity index is 2.17. The molecule has 0 radical (unpaired) electrons. The predicted molar refractivity (Wildman–Crippen MR) is 87.2 cm³/mol. The van der Waals surface area contributed by atoms with Gasteiger partial charge in [-0.15, -0.1) is 0 Å². The van der Waals surface area contributed by atoms with Gasteiger partial charge in [0.05, 0.1) is 23.2 Å². The van der Waals surface area contributed by atoms with Crippen LogP contribution in [0, 0.1) is 0 Å². The number of benzene rings is 2. The van der Waals surface area contributed by atoms with Gasteiger partial charge in [0.25, 0.3) is 0 Å². The van der Waals surface area contributed by atoms with Crippen molar-refractivity contribution in [3.8, 4) is 5.75 Å². The van der Waals surface area contributed by atoms with E-state index in [1.165, 1.54) is 0 Å². The van der Waals surface area contributed by atoms with E-state index in [1.54, 1.807) is 31.4 Å². The Bertz CT molecular complexity index is 630. The average Bonchev–Trinajstić information content (AvgIpc) is 2.53. The Morgan fingerprint density at radius 1 is 1.19 bits per heavy atom. The van der Waals surface area contributed by atoms with Crippen LogP contribution >= 0.6 is 11.6 Å². The highest BCUT2D eigenvalue weighted by molar-refractivity contribution is 7.85. The van der Waals surface area contributed by atoms with Crippen molar-refractivity contribution in [2.75, 3.05) is 7.11 Å². The number of rotatable bonds is 5. The standard InChI is InChI=1S/C16H18ClNO2S/c1-11(21(19)15-5-3-4-13(17)10-15)16(18)12-6-8-14(20-2)9-7-12/h3-11,16H,18H2,1-2H3. The normalized spacial score (nSPS) is 15.2. The minimum Gasteiger partial charge on any atom is -0.497 e. The van der Waals surface area contributed by atoms with E-state index in [4.69, 9.17) is 22.1 Å². The highest BCUT2D eigenvalue weighted by Gasteiger charge is 2.22. The second-order valence-electron chi connectivity index (χ2n) is 4.76. The fourth-order valence-corrected chi connectivity index (χ4v) is 3.60. The topological polar surface area (TPSA) is 52.3 Å². The minimum atomic E-state index is -1.22. The van der Waals surface area contributed by atoms with E-state index in [2.05, 4.69) is 0 Å². The lowest BCUT2D eigenvalue weighted by molar-refractivity contribution is 0.414. The third-order valence-electron chi connectivity index (χ3n) is 3.37. The average molecular weight is 324 g/mol. The number of halogens is 1. The van der Waals surface area contributed by atoms with Crippen molar-refractivity contribution in [2.24, 2.45) is 5.73 Å². The first-order chi connectivity index (χ1) is 10.0. The molecule has 0 aromatic heterocycles. The quantitative estimate of drug-likeness (QED) is 0.915. The number of ether oxygens (including phenoxy) is 1. The smallest absolute Gasteiger partial charge is 0.118 e. The lowest BCUT2D eigenvalue weighted by Gasteiger charge is -2.20. The van der Waals surface area contributed by atoms with Crippen LogP contribution < -0.4 is 10.5 Å². The summed E-state index contributed by atoms with van der Waals surface area (Å²) < 4.78 is 17.7.